The quantitative estimate of drug-likeness (QED) is 0.215. The molecule has 0 bridgehead atoms. The molecule has 0 saturated carbocycles. The minimum Gasteiger partial charge on any atom is -0.309 e. The molecule has 3 aromatic heterocycles. The predicted octanol–water partition coefficient (Wildman–Crippen LogP) is 9.16. The second-order valence-corrected chi connectivity index (χ2v) is 11.0. The Bertz CT molecular complexity index is 2510. The molecule has 0 saturated heterocycles. The van der Waals surface area contributed by atoms with Crippen LogP contribution in [0.4, 0.5) is 0 Å². The second-order valence-electron chi connectivity index (χ2n) is 11.0. The van der Waals surface area contributed by atoms with E-state index in [0.29, 0.717) is 5.39 Å². The molecule has 0 aliphatic heterocycles. The number of aromatic nitrogens is 3. The fourth-order valence-corrected chi connectivity index (χ4v) is 6.69. The van der Waals surface area contributed by atoms with Crippen LogP contribution in [-0.2, 0) is 0 Å². The lowest BCUT2D eigenvalue weighted by molar-refractivity contribution is 1.01. The molecule has 0 unspecified atom stereocenters. The van der Waals surface area contributed by atoms with Crippen LogP contribution in [0.15, 0.2) is 156 Å². The molecule has 0 N–H and O–H groups in total. The fourth-order valence-electron chi connectivity index (χ4n) is 6.69. The molecule has 0 fully saturated rings. The van der Waals surface area contributed by atoms with Crippen LogP contribution in [0.1, 0.15) is 0 Å². The van der Waals surface area contributed by atoms with Crippen molar-refractivity contribution in [1.82, 2.24) is 13.5 Å². The first-order valence-corrected chi connectivity index (χ1v) is 14.5. The lowest BCUT2D eigenvalue weighted by Crippen LogP contribution is -2.21. The highest BCUT2D eigenvalue weighted by atomic mass is 16.1. The third kappa shape index (κ3) is 3.47. The van der Waals surface area contributed by atoms with Gasteiger partial charge in [0.2, 0.25) is 0 Å². The highest BCUT2D eigenvalue weighted by molar-refractivity contribution is 6.09. The van der Waals surface area contributed by atoms with Crippen molar-refractivity contribution in [3.8, 4) is 22.5 Å². The van der Waals surface area contributed by atoms with Gasteiger partial charge in [0, 0.05) is 21.8 Å². The van der Waals surface area contributed by atoms with E-state index in [0.717, 1.165) is 44.6 Å². The maximum Gasteiger partial charge on any atom is 0.266 e. The topological polar surface area (TPSA) is 31.3 Å². The van der Waals surface area contributed by atoms with Gasteiger partial charge in [-0.15, -0.1) is 0 Å². The number of para-hydroxylation sites is 4. The number of fused-ring (bicyclic) bond motifs is 8. The fraction of sp³-hybridized carbons (Fsp3) is 0. The molecule has 0 atom stereocenters. The average Bonchev–Trinajstić information content (AvgIpc) is 3.62. The number of hydrogen-bond donors (Lipinski definition) is 0. The summed E-state index contributed by atoms with van der Waals surface area (Å²) in [7, 11) is 0. The number of benzene rings is 6. The van der Waals surface area contributed by atoms with Crippen molar-refractivity contribution < 1.29 is 0 Å². The highest BCUT2D eigenvalue weighted by Crippen LogP contribution is 2.33. The Balaban J connectivity index is 1.15. The standard InChI is InChI=1S/C39H25N3O/c43-39-33-12-4-8-16-37(33)42-34-13-5-1-9-28(34)25-38(42)41(39)30-23-19-27(20-24-30)26-17-21-29(22-18-26)40-35-14-6-2-10-31(35)32-11-3-7-15-36(32)40/h1-25H. The first kappa shape index (κ1) is 23.8. The molecule has 0 aliphatic rings. The summed E-state index contributed by atoms with van der Waals surface area (Å²) in [6.07, 6.45) is 0. The molecule has 4 nitrogen and oxygen atoms in total. The molecule has 43 heavy (non-hydrogen) atoms. The first-order chi connectivity index (χ1) is 21.3. The van der Waals surface area contributed by atoms with E-state index in [-0.39, 0.29) is 5.56 Å². The normalized spacial score (nSPS) is 11.8. The van der Waals surface area contributed by atoms with E-state index in [1.807, 2.05) is 53.1 Å². The van der Waals surface area contributed by atoms with Gasteiger partial charge in [0.15, 0.2) is 0 Å². The molecule has 0 aliphatic carbocycles. The second kappa shape index (κ2) is 9.07. The zero-order valence-electron chi connectivity index (χ0n) is 23.2. The monoisotopic (exact) mass is 551 g/mol. The van der Waals surface area contributed by atoms with E-state index in [1.54, 1.807) is 0 Å². The number of hydrogen-bond acceptors (Lipinski definition) is 1. The smallest absolute Gasteiger partial charge is 0.266 e. The van der Waals surface area contributed by atoms with Crippen molar-refractivity contribution in [3.63, 3.8) is 0 Å². The minimum absolute atomic E-state index is 0.0193. The summed E-state index contributed by atoms with van der Waals surface area (Å²) in [6.45, 7) is 0. The van der Waals surface area contributed by atoms with Crippen molar-refractivity contribution in [2.24, 2.45) is 0 Å². The summed E-state index contributed by atoms with van der Waals surface area (Å²) in [4.78, 5) is 13.9. The van der Waals surface area contributed by atoms with Gasteiger partial charge in [-0.1, -0.05) is 91.0 Å². The SMILES string of the molecule is O=c1c2ccccc2n2c3ccccc3cc2n1-c1ccc(-c2ccc(-n3c4ccccc4c4ccccc43)cc2)cc1. The molecule has 202 valence electrons. The van der Waals surface area contributed by atoms with Crippen LogP contribution in [0.3, 0.4) is 0 Å². The van der Waals surface area contributed by atoms with Crippen molar-refractivity contribution in [2.45, 2.75) is 0 Å². The Morgan fingerprint density at radius 2 is 0.860 bits per heavy atom. The molecule has 0 amide bonds. The third-order valence-corrected chi connectivity index (χ3v) is 8.66. The largest absolute Gasteiger partial charge is 0.309 e. The van der Waals surface area contributed by atoms with Crippen LogP contribution >= 0.6 is 0 Å². The number of rotatable bonds is 3. The van der Waals surface area contributed by atoms with Gasteiger partial charge in [0.25, 0.3) is 5.56 Å². The highest BCUT2D eigenvalue weighted by Gasteiger charge is 2.16. The van der Waals surface area contributed by atoms with Crippen molar-refractivity contribution in [3.05, 3.63) is 162 Å². The lowest BCUT2D eigenvalue weighted by Gasteiger charge is -2.13. The van der Waals surface area contributed by atoms with Crippen LogP contribution in [0, 0.1) is 0 Å². The van der Waals surface area contributed by atoms with Gasteiger partial charge in [-0.3, -0.25) is 13.8 Å². The summed E-state index contributed by atoms with van der Waals surface area (Å²) >= 11 is 0. The molecule has 6 aromatic carbocycles. The number of nitrogens with zero attached hydrogens (tertiary/aromatic N) is 3. The third-order valence-electron chi connectivity index (χ3n) is 8.66. The molecule has 3 heterocycles. The van der Waals surface area contributed by atoms with Crippen molar-refractivity contribution in [2.75, 3.05) is 0 Å². The molecule has 0 spiro atoms. The summed E-state index contributed by atoms with van der Waals surface area (Å²) < 4.78 is 6.35. The van der Waals surface area contributed by atoms with Crippen LogP contribution in [0.5, 0.6) is 0 Å². The molecule has 4 heteroatoms. The summed E-state index contributed by atoms with van der Waals surface area (Å²) in [6, 6.07) is 52.4. The molecular weight excluding hydrogens is 526 g/mol. The van der Waals surface area contributed by atoms with Gasteiger partial charge < -0.3 is 4.57 Å². The molecular formula is C39H25N3O. The molecule has 9 rings (SSSR count). The van der Waals surface area contributed by atoms with Gasteiger partial charge in [-0.25, -0.2) is 0 Å². The van der Waals surface area contributed by atoms with Crippen LogP contribution in [-0.4, -0.2) is 13.5 Å². The van der Waals surface area contributed by atoms with Crippen LogP contribution in [0.2, 0.25) is 0 Å². The van der Waals surface area contributed by atoms with Gasteiger partial charge in [0.05, 0.1) is 33.1 Å². The Hall–Kier alpha value is -5.87. The van der Waals surface area contributed by atoms with Gasteiger partial charge in [0.1, 0.15) is 5.65 Å². The predicted molar refractivity (Wildman–Crippen MR) is 178 cm³/mol. The molecule has 0 radical (unpaired) electrons. The van der Waals surface area contributed by atoms with Gasteiger partial charge in [-0.05, 0) is 71.8 Å². The maximum atomic E-state index is 13.9. The Labute approximate surface area is 246 Å². The maximum absolute atomic E-state index is 13.9. The van der Waals surface area contributed by atoms with Gasteiger partial charge >= 0.3 is 0 Å². The Morgan fingerprint density at radius 1 is 0.395 bits per heavy atom. The van der Waals surface area contributed by atoms with Gasteiger partial charge in [-0.2, -0.15) is 0 Å². The summed E-state index contributed by atoms with van der Waals surface area (Å²) in [5, 5.41) is 4.31. The van der Waals surface area contributed by atoms with E-state index in [1.165, 1.54) is 21.8 Å². The first-order valence-electron chi connectivity index (χ1n) is 14.5. The Kier molecular flexibility index (Phi) is 5.02. The van der Waals surface area contributed by atoms with E-state index in [2.05, 4.69) is 112 Å². The summed E-state index contributed by atoms with van der Waals surface area (Å²) in [5.41, 5.74) is 9.43. The Morgan fingerprint density at radius 3 is 1.47 bits per heavy atom. The zero-order chi connectivity index (χ0) is 28.5. The zero-order valence-corrected chi connectivity index (χ0v) is 23.2. The molecule has 9 aromatic rings. The van der Waals surface area contributed by atoms with Crippen molar-refractivity contribution in [1.29, 1.82) is 0 Å². The summed E-state index contributed by atoms with van der Waals surface area (Å²) in [5.74, 6) is 0. The van der Waals surface area contributed by atoms with E-state index in [9.17, 15) is 4.79 Å². The van der Waals surface area contributed by atoms with Crippen LogP contribution in [0.25, 0.3) is 71.8 Å². The minimum atomic E-state index is -0.0193. The lowest BCUT2D eigenvalue weighted by atomic mass is 10.0. The van der Waals surface area contributed by atoms with E-state index >= 15 is 0 Å². The van der Waals surface area contributed by atoms with E-state index in [4.69, 9.17) is 0 Å². The average molecular weight is 552 g/mol. The van der Waals surface area contributed by atoms with Crippen LogP contribution < -0.4 is 5.56 Å². The van der Waals surface area contributed by atoms with E-state index < -0.39 is 0 Å². The van der Waals surface area contributed by atoms with Crippen molar-refractivity contribution >= 4 is 49.3 Å².